The first-order valence-electron chi connectivity index (χ1n) is 10.7. The van der Waals surface area contributed by atoms with Crippen molar-refractivity contribution in [2.45, 2.75) is 26.3 Å². The lowest BCUT2D eigenvalue weighted by Gasteiger charge is -2.13. The summed E-state index contributed by atoms with van der Waals surface area (Å²) >= 11 is 0. The summed E-state index contributed by atoms with van der Waals surface area (Å²) in [6, 6.07) is 7.28. The predicted octanol–water partition coefficient (Wildman–Crippen LogP) is 3.09. The number of ether oxygens (including phenoxy) is 3. The minimum absolute atomic E-state index is 0.0806. The van der Waals surface area contributed by atoms with E-state index in [1.807, 2.05) is 19.1 Å². The van der Waals surface area contributed by atoms with Crippen LogP contribution in [0.25, 0.3) is 11.1 Å². The number of methoxy groups -OCH3 is 2. The molecule has 1 fully saturated rings. The smallest absolute Gasteiger partial charge is 0.250 e. The molecular weight excluding hydrogens is 408 g/mol. The van der Waals surface area contributed by atoms with Gasteiger partial charge in [-0.15, -0.1) is 0 Å². The van der Waals surface area contributed by atoms with Gasteiger partial charge in [-0.05, 0) is 31.0 Å². The van der Waals surface area contributed by atoms with E-state index in [-0.39, 0.29) is 5.56 Å². The van der Waals surface area contributed by atoms with E-state index in [9.17, 15) is 4.79 Å². The minimum Gasteiger partial charge on any atom is -0.495 e. The van der Waals surface area contributed by atoms with Gasteiger partial charge in [-0.3, -0.25) is 9.78 Å². The highest BCUT2D eigenvalue weighted by atomic mass is 16.5. The highest BCUT2D eigenvalue weighted by molar-refractivity contribution is 5.66. The van der Waals surface area contributed by atoms with Crippen LogP contribution in [0.2, 0.25) is 0 Å². The molecule has 0 radical (unpaired) electrons. The van der Waals surface area contributed by atoms with E-state index in [1.165, 1.54) is 0 Å². The minimum atomic E-state index is -0.0806. The summed E-state index contributed by atoms with van der Waals surface area (Å²) < 4.78 is 18.1. The summed E-state index contributed by atoms with van der Waals surface area (Å²) in [7, 11) is 3.25. The maximum atomic E-state index is 12.1. The fraction of sp³-hybridized carbons (Fsp3) is 0.417. The molecule has 0 saturated heterocycles. The highest BCUT2D eigenvalue weighted by Gasteiger charge is 2.49. The number of hydrogen-bond acceptors (Lipinski definition) is 7. The van der Waals surface area contributed by atoms with Gasteiger partial charge in [0.1, 0.15) is 11.6 Å². The van der Waals surface area contributed by atoms with Crippen LogP contribution in [0.3, 0.4) is 0 Å². The quantitative estimate of drug-likeness (QED) is 0.509. The maximum absolute atomic E-state index is 12.1. The Labute approximate surface area is 187 Å². The van der Waals surface area contributed by atoms with Crippen LogP contribution in [-0.4, -0.2) is 47.0 Å². The molecule has 0 N–H and O–H groups in total. The summed E-state index contributed by atoms with van der Waals surface area (Å²) in [5, 5.41) is 0. The van der Waals surface area contributed by atoms with Gasteiger partial charge in [0.15, 0.2) is 0 Å². The van der Waals surface area contributed by atoms with Crippen LogP contribution in [-0.2, 0) is 11.3 Å². The zero-order valence-corrected chi connectivity index (χ0v) is 18.8. The van der Waals surface area contributed by atoms with Crippen LogP contribution < -0.4 is 15.0 Å². The van der Waals surface area contributed by atoms with Crippen molar-refractivity contribution in [3.8, 4) is 22.8 Å². The Morgan fingerprint density at radius 2 is 1.94 bits per heavy atom. The van der Waals surface area contributed by atoms with Gasteiger partial charge in [-0.2, -0.15) is 4.98 Å². The second-order valence-electron chi connectivity index (χ2n) is 8.06. The number of aromatic nitrogens is 4. The maximum Gasteiger partial charge on any atom is 0.250 e. The van der Waals surface area contributed by atoms with Crippen molar-refractivity contribution in [2.24, 2.45) is 11.8 Å². The van der Waals surface area contributed by atoms with Crippen LogP contribution in [0.4, 0.5) is 0 Å². The molecule has 3 heterocycles. The molecule has 1 aliphatic rings. The van der Waals surface area contributed by atoms with Gasteiger partial charge in [-0.25, -0.2) is 4.98 Å². The molecule has 0 aromatic carbocycles. The van der Waals surface area contributed by atoms with E-state index in [1.54, 1.807) is 49.5 Å². The average Bonchev–Trinajstić information content (AvgIpc) is 3.46. The van der Waals surface area contributed by atoms with E-state index in [0.717, 1.165) is 22.6 Å². The van der Waals surface area contributed by atoms with Gasteiger partial charge in [0, 0.05) is 55.2 Å². The lowest BCUT2D eigenvalue weighted by Crippen LogP contribution is -2.20. The normalized spacial score (nSPS) is 19.6. The molecule has 0 bridgehead atoms. The van der Waals surface area contributed by atoms with Crippen molar-refractivity contribution in [1.82, 2.24) is 19.5 Å². The number of aryl methyl sites for hydroxylation is 1. The zero-order valence-electron chi connectivity index (χ0n) is 18.8. The Kier molecular flexibility index (Phi) is 6.50. The third-order valence-corrected chi connectivity index (χ3v) is 6.02. The molecule has 1 saturated carbocycles. The van der Waals surface area contributed by atoms with Crippen molar-refractivity contribution in [3.63, 3.8) is 0 Å². The first-order valence-corrected chi connectivity index (χ1v) is 10.7. The fourth-order valence-corrected chi connectivity index (χ4v) is 3.99. The monoisotopic (exact) mass is 436 g/mol. The Morgan fingerprint density at radius 3 is 2.66 bits per heavy atom. The van der Waals surface area contributed by atoms with Gasteiger partial charge in [-0.1, -0.05) is 6.92 Å². The molecule has 8 heteroatoms. The third kappa shape index (κ3) is 4.65. The van der Waals surface area contributed by atoms with E-state index in [0.29, 0.717) is 49.2 Å². The van der Waals surface area contributed by atoms with Gasteiger partial charge in [0.2, 0.25) is 5.88 Å². The summed E-state index contributed by atoms with van der Waals surface area (Å²) in [5.41, 5.74) is 2.56. The molecule has 168 valence electrons. The topological polar surface area (TPSA) is 88.4 Å². The van der Waals surface area contributed by atoms with E-state index >= 15 is 0 Å². The Hall–Kier alpha value is -3.26. The molecular formula is C24H28N4O4. The molecule has 4 rings (SSSR count). The first kappa shape index (κ1) is 22.0. The first-order chi connectivity index (χ1) is 15.5. The van der Waals surface area contributed by atoms with Crippen molar-refractivity contribution in [2.75, 3.05) is 27.4 Å². The van der Waals surface area contributed by atoms with Gasteiger partial charge >= 0.3 is 0 Å². The van der Waals surface area contributed by atoms with Crippen molar-refractivity contribution in [1.29, 1.82) is 0 Å². The van der Waals surface area contributed by atoms with E-state index in [2.05, 4.69) is 21.9 Å². The lowest BCUT2D eigenvalue weighted by atomic mass is 10.1. The summed E-state index contributed by atoms with van der Waals surface area (Å²) in [4.78, 5) is 25.6. The molecule has 8 nitrogen and oxygen atoms in total. The van der Waals surface area contributed by atoms with E-state index < -0.39 is 0 Å². The van der Waals surface area contributed by atoms with Crippen LogP contribution in [0, 0.1) is 18.8 Å². The Balaban J connectivity index is 1.51. The number of nitrogens with zero attached hydrogens (tertiary/aromatic N) is 4. The standard InChI is InChI=1S/C24H28N4O4/c1-15-20(23(15)21-7-6-18(31-4)11-26-21)14-32-24-19(12-25-16(2)27-24)17-5-8-22(29)28(13-17)9-10-30-3/h5-8,11-13,15,20,23H,9-10,14H2,1-4H3. The molecule has 1 aliphatic carbocycles. The number of rotatable bonds is 9. The van der Waals surface area contributed by atoms with Gasteiger partial charge < -0.3 is 18.8 Å². The molecule has 0 spiro atoms. The number of hydrogen-bond donors (Lipinski definition) is 0. The molecule has 0 amide bonds. The van der Waals surface area contributed by atoms with Gasteiger partial charge in [0.05, 0.1) is 32.1 Å². The second-order valence-corrected chi connectivity index (χ2v) is 8.06. The Morgan fingerprint density at radius 1 is 1.09 bits per heavy atom. The van der Waals surface area contributed by atoms with Crippen molar-refractivity contribution < 1.29 is 14.2 Å². The highest BCUT2D eigenvalue weighted by Crippen LogP contribution is 2.53. The molecule has 3 aromatic heterocycles. The van der Waals surface area contributed by atoms with Crippen molar-refractivity contribution in [3.05, 3.63) is 64.7 Å². The van der Waals surface area contributed by atoms with Crippen LogP contribution in [0.5, 0.6) is 11.6 Å². The van der Waals surface area contributed by atoms with Crippen LogP contribution in [0.15, 0.2) is 47.7 Å². The fourth-order valence-electron chi connectivity index (χ4n) is 3.99. The lowest BCUT2D eigenvalue weighted by molar-refractivity contribution is 0.186. The predicted molar refractivity (Wildman–Crippen MR) is 120 cm³/mol. The van der Waals surface area contributed by atoms with Gasteiger partial charge in [0.25, 0.3) is 5.56 Å². The van der Waals surface area contributed by atoms with Crippen molar-refractivity contribution >= 4 is 0 Å². The number of pyridine rings is 2. The zero-order chi connectivity index (χ0) is 22.7. The van der Waals surface area contributed by atoms with Crippen LogP contribution in [0.1, 0.15) is 24.4 Å². The summed E-state index contributed by atoms with van der Waals surface area (Å²) in [6.45, 7) is 5.51. The molecule has 3 unspecified atom stereocenters. The largest absolute Gasteiger partial charge is 0.495 e. The summed E-state index contributed by atoms with van der Waals surface area (Å²) in [5.74, 6) is 3.09. The SMILES string of the molecule is COCCn1cc(-c2cnc(C)nc2OCC2C(C)C2c2ccc(OC)cn2)ccc1=O. The second kappa shape index (κ2) is 9.48. The molecule has 32 heavy (non-hydrogen) atoms. The molecule has 0 aliphatic heterocycles. The Bertz CT molecular complexity index is 1130. The molecule has 3 aromatic rings. The van der Waals surface area contributed by atoms with Crippen LogP contribution >= 0.6 is 0 Å². The third-order valence-electron chi connectivity index (χ3n) is 6.02. The molecule has 3 atom stereocenters. The average molecular weight is 437 g/mol. The summed E-state index contributed by atoms with van der Waals surface area (Å²) in [6.07, 6.45) is 5.30. The van der Waals surface area contributed by atoms with E-state index in [4.69, 9.17) is 14.2 Å².